The standard InChI is InChI=1S/C28H30ClN3O2/c1-34-25-13-7-21(8-14-25)5-4-18-32-19-15-23(16-20-32)28(33)31-27(26-6-2-3-17-30-26)22-9-11-24(29)12-10-22/h2-14,17,23,27H,15-16,18-20H2,1H3,(H,31,33)/b5-4+. The summed E-state index contributed by atoms with van der Waals surface area (Å²) < 4.78 is 5.20. The van der Waals surface area contributed by atoms with Crippen LogP contribution in [0.1, 0.15) is 35.7 Å². The third kappa shape index (κ3) is 6.46. The molecule has 176 valence electrons. The van der Waals surface area contributed by atoms with Gasteiger partial charge in [-0.05, 0) is 73.5 Å². The third-order valence-corrected chi connectivity index (χ3v) is 6.47. The highest BCUT2D eigenvalue weighted by Gasteiger charge is 2.27. The molecule has 3 aromatic rings. The van der Waals surface area contributed by atoms with Crippen molar-refractivity contribution in [3.8, 4) is 5.75 Å². The summed E-state index contributed by atoms with van der Waals surface area (Å²) in [7, 11) is 1.67. The average molecular weight is 476 g/mol. The maximum Gasteiger partial charge on any atom is 0.224 e. The number of hydrogen-bond donors (Lipinski definition) is 1. The van der Waals surface area contributed by atoms with E-state index in [0.717, 1.165) is 55.0 Å². The van der Waals surface area contributed by atoms with E-state index in [2.05, 4.69) is 27.4 Å². The Kier molecular flexibility index (Phi) is 8.34. The predicted octanol–water partition coefficient (Wildman–Crippen LogP) is 5.37. The number of piperidine rings is 1. The number of rotatable bonds is 8. The monoisotopic (exact) mass is 475 g/mol. The van der Waals surface area contributed by atoms with E-state index in [1.54, 1.807) is 13.3 Å². The second-order valence-corrected chi connectivity index (χ2v) is 8.93. The SMILES string of the molecule is COc1ccc(/C=C/CN2CCC(C(=O)NC(c3ccc(Cl)cc3)c3ccccn3)CC2)cc1. The number of pyridine rings is 1. The first kappa shape index (κ1) is 24.0. The number of hydrogen-bond acceptors (Lipinski definition) is 4. The number of benzene rings is 2. The molecule has 6 heteroatoms. The number of amides is 1. The molecule has 0 saturated carbocycles. The maximum absolute atomic E-state index is 13.2. The lowest BCUT2D eigenvalue weighted by atomic mass is 9.94. The van der Waals surface area contributed by atoms with E-state index in [1.165, 1.54) is 0 Å². The van der Waals surface area contributed by atoms with Gasteiger partial charge in [-0.3, -0.25) is 14.7 Å². The topological polar surface area (TPSA) is 54.5 Å². The molecule has 0 aliphatic carbocycles. The molecule has 1 N–H and O–H groups in total. The van der Waals surface area contributed by atoms with Gasteiger partial charge >= 0.3 is 0 Å². The van der Waals surface area contributed by atoms with Gasteiger partial charge < -0.3 is 10.1 Å². The van der Waals surface area contributed by atoms with Crippen molar-refractivity contribution in [1.82, 2.24) is 15.2 Å². The van der Waals surface area contributed by atoms with Gasteiger partial charge in [-0.1, -0.05) is 54.1 Å². The fourth-order valence-electron chi connectivity index (χ4n) is 4.22. The molecule has 1 saturated heterocycles. The molecule has 4 rings (SSSR count). The molecule has 1 aliphatic heterocycles. The summed E-state index contributed by atoms with van der Waals surface area (Å²) in [6.45, 7) is 2.68. The van der Waals surface area contributed by atoms with Crippen LogP contribution < -0.4 is 10.1 Å². The number of methoxy groups -OCH3 is 1. The summed E-state index contributed by atoms with van der Waals surface area (Å²) >= 11 is 6.07. The first-order valence-electron chi connectivity index (χ1n) is 11.6. The second-order valence-electron chi connectivity index (χ2n) is 8.50. The molecule has 5 nitrogen and oxygen atoms in total. The Labute approximate surface area is 206 Å². The Bertz CT molecular complexity index is 1080. The van der Waals surface area contributed by atoms with Crippen LogP contribution in [-0.4, -0.2) is 42.5 Å². The van der Waals surface area contributed by atoms with E-state index in [1.807, 2.05) is 66.7 Å². The minimum atomic E-state index is -0.295. The second kappa shape index (κ2) is 11.8. The van der Waals surface area contributed by atoms with Crippen molar-refractivity contribution in [2.45, 2.75) is 18.9 Å². The summed E-state index contributed by atoms with van der Waals surface area (Å²) in [5, 5.41) is 3.91. The maximum atomic E-state index is 13.2. The zero-order valence-corrected chi connectivity index (χ0v) is 20.1. The molecular formula is C28H30ClN3O2. The van der Waals surface area contributed by atoms with Crippen molar-refractivity contribution in [2.75, 3.05) is 26.7 Å². The van der Waals surface area contributed by atoms with Crippen molar-refractivity contribution < 1.29 is 9.53 Å². The van der Waals surface area contributed by atoms with Crippen LogP contribution in [0.4, 0.5) is 0 Å². The van der Waals surface area contributed by atoms with E-state index in [0.29, 0.717) is 5.02 Å². The normalized spacial score (nSPS) is 15.8. The lowest BCUT2D eigenvalue weighted by molar-refractivity contribution is -0.126. The highest BCUT2D eigenvalue weighted by Crippen LogP contribution is 2.25. The van der Waals surface area contributed by atoms with E-state index in [-0.39, 0.29) is 17.9 Å². The smallest absolute Gasteiger partial charge is 0.224 e. The number of carbonyl (C=O) groups excluding carboxylic acids is 1. The van der Waals surface area contributed by atoms with Gasteiger partial charge in [0.15, 0.2) is 0 Å². The van der Waals surface area contributed by atoms with Gasteiger partial charge in [0, 0.05) is 23.7 Å². The molecule has 1 aromatic heterocycles. The van der Waals surface area contributed by atoms with E-state index < -0.39 is 0 Å². The van der Waals surface area contributed by atoms with Gasteiger partial charge in [-0.25, -0.2) is 0 Å². The fraction of sp³-hybridized carbons (Fsp3) is 0.286. The van der Waals surface area contributed by atoms with Crippen LogP contribution in [0, 0.1) is 5.92 Å². The lowest BCUT2D eigenvalue weighted by Gasteiger charge is -2.31. The Balaban J connectivity index is 1.31. The Morgan fingerprint density at radius 3 is 2.50 bits per heavy atom. The van der Waals surface area contributed by atoms with Crippen molar-refractivity contribution in [3.05, 3.63) is 101 Å². The van der Waals surface area contributed by atoms with E-state index in [4.69, 9.17) is 16.3 Å². The fourth-order valence-corrected chi connectivity index (χ4v) is 4.35. The quantitative estimate of drug-likeness (QED) is 0.475. The van der Waals surface area contributed by atoms with Crippen LogP contribution in [0.3, 0.4) is 0 Å². The van der Waals surface area contributed by atoms with Crippen molar-refractivity contribution in [3.63, 3.8) is 0 Å². The van der Waals surface area contributed by atoms with Gasteiger partial charge in [0.2, 0.25) is 5.91 Å². The Hall–Kier alpha value is -3.15. The Morgan fingerprint density at radius 2 is 1.85 bits per heavy atom. The molecule has 1 unspecified atom stereocenters. The highest BCUT2D eigenvalue weighted by atomic mass is 35.5. The minimum Gasteiger partial charge on any atom is -0.497 e. The summed E-state index contributed by atoms with van der Waals surface area (Å²) in [5.41, 5.74) is 2.94. The van der Waals surface area contributed by atoms with Gasteiger partial charge in [-0.2, -0.15) is 0 Å². The lowest BCUT2D eigenvalue weighted by Crippen LogP contribution is -2.41. The summed E-state index contributed by atoms with van der Waals surface area (Å²) in [5.74, 6) is 0.943. The van der Waals surface area contributed by atoms with Gasteiger partial charge in [0.1, 0.15) is 5.75 Å². The number of nitrogens with zero attached hydrogens (tertiary/aromatic N) is 2. The highest BCUT2D eigenvalue weighted by molar-refractivity contribution is 6.30. The third-order valence-electron chi connectivity index (χ3n) is 6.22. The Morgan fingerprint density at radius 1 is 1.12 bits per heavy atom. The summed E-state index contributed by atoms with van der Waals surface area (Å²) in [6, 6.07) is 21.1. The number of halogens is 1. The van der Waals surface area contributed by atoms with Crippen LogP contribution in [0.2, 0.25) is 5.02 Å². The summed E-state index contributed by atoms with van der Waals surface area (Å²) in [4.78, 5) is 20.0. The molecule has 1 amide bonds. The number of likely N-dealkylation sites (tertiary alicyclic amines) is 1. The molecule has 2 heterocycles. The van der Waals surface area contributed by atoms with E-state index >= 15 is 0 Å². The molecular weight excluding hydrogens is 446 g/mol. The van der Waals surface area contributed by atoms with Gasteiger partial charge in [0.05, 0.1) is 18.8 Å². The molecule has 2 aromatic carbocycles. The van der Waals surface area contributed by atoms with Crippen LogP contribution in [0.15, 0.2) is 79.0 Å². The molecule has 1 aliphatic rings. The molecule has 1 fully saturated rings. The largest absolute Gasteiger partial charge is 0.497 e. The van der Waals surface area contributed by atoms with Crippen LogP contribution in [0.5, 0.6) is 5.75 Å². The van der Waals surface area contributed by atoms with Crippen LogP contribution in [-0.2, 0) is 4.79 Å². The number of nitrogens with one attached hydrogen (secondary N) is 1. The van der Waals surface area contributed by atoms with Crippen molar-refractivity contribution >= 4 is 23.6 Å². The minimum absolute atomic E-state index is 0.000306. The molecule has 0 bridgehead atoms. The first-order chi connectivity index (χ1) is 16.6. The van der Waals surface area contributed by atoms with Gasteiger partial charge in [-0.15, -0.1) is 0 Å². The number of carbonyl (C=O) groups is 1. The zero-order valence-electron chi connectivity index (χ0n) is 19.4. The average Bonchev–Trinajstić information content (AvgIpc) is 2.89. The first-order valence-corrected chi connectivity index (χ1v) is 12.0. The molecule has 34 heavy (non-hydrogen) atoms. The van der Waals surface area contributed by atoms with Crippen LogP contribution >= 0.6 is 11.6 Å². The van der Waals surface area contributed by atoms with E-state index in [9.17, 15) is 4.79 Å². The zero-order chi connectivity index (χ0) is 23.8. The van der Waals surface area contributed by atoms with Gasteiger partial charge in [0.25, 0.3) is 0 Å². The molecule has 0 radical (unpaired) electrons. The van der Waals surface area contributed by atoms with Crippen molar-refractivity contribution in [2.24, 2.45) is 5.92 Å². The number of aromatic nitrogens is 1. The molecule has 1 atom stereocenters. The number of ether oxygens (including phenoxy) is 1. The molecule has 0 spiro atoms. The van der Waals surface area contributed by atoms with Crippen LogP contribution in [0.25, 0.3) is 6.08 Å². The summed E-state index contributed by atoms with van der Waals surface area (Å²) in [6.07, 6.45) is 7.75. The van der Waals surface area contributed by atoms with Crippen molar-refractivity contribution in [1.29, 1.82) is 0 Å². The predicted molar refractivity (Wildman–Crippen MR) is 137 cm³/mol.